The van der Waals surface area contributed by atoms with Crippen molar-refractivity contribution in [1.82, 2.24) is 15.2 Å². The molecule has 104 valence electrons. The van der Waals surface area contributed by atoms with E-state index in [0.717, 1.165) is 20.8 Å². The molecule has 0 saturated carbocycles. The summed E-state index contributed by atoms with van der Waals surface area (Å²) < 4.78 is 8.26. The van der Waals surface area contributed by atoms with Crippen molar-refractivity contribution >= 4 is 27.3 Å². The highest BCUT2D eigenvalue weighted by Crippen LogP contribution is 2.37. The Labute approximate surface area is 124 Å². The van der Waals surface area contributed by atoms with Gasteiger partial charge in [-0.05, 0) is 41.2 Å². The monoisotopic (exact) mass is 344 g/mol. The highest BCUT2D eigenvalue weighted by molar-refractivity contribution is 9.10. The number of nitrogens with one attached hydrogen (secondary N) is 1. The van der Waals surface area contributed by atoms with Crippen LogP contribution in [0, 0.1) is 0 Å². The first-order valence-corrected chi connectivity index (χ1v) is 7.57. The molecule has 0 bridgehead atoms. The first kappa shape index (κ1) is 14.5. The van der Waals surface area contributed by atoms with Crippen LogP contribution in [0.5, 0.6) is 5.75 Å². The van der Waals surface area contributed by atoms with Crippen molar-refractivity contribution in [3.63, 3.8) is 0 Å². The topological polar surface area (TPSA) is 65.1 Å². The number of ether oxygens (including phenoxy) is 1. The van der Waals surface area contributed by atoms with E-state index < -0.39 is 0 Å². The van der Waals surface area contributed by atoms with Crippen molar-refractivity contribution < 1.29 is 4.74 Å². The molecule has 0 aliphatic rings. The molecule has 0 saturated heterocycles. The van der Waals surface area contributed by atoms with E-state index in [2.05, 4.69) is 40.3 Å². The lowest BCUT2D eigenvalue weighted by atomic mass is 10.1. The van der Waals surface area contributed by atoms with Crippen LogP contribution in [0.1, 0.15) is 36.5 Å². The average molecular weight is 345 g/mol. The average Bonchev–Trinajstić information content (AvgIpc) is 2.98. The molecule has 0 radical (unpaired) electrons. The zero-order valence-electron chi connectivity index (χ0n) is 11.1. The largest absolute Gasteiger partial charge is 0.496 e. The van der Waals surface area contributed by atoms with Crippen molar-refractivity contribution in [2.24, 2.45) is 5.84 Å². The number of nitrogens with two attached hydrogens (primary N) is 1. The second-order valence-corrected chi connectivity index (χ2v) is 6.17. The summed E-state index contributed by atoms with van der Waals surface area (Å²) in [7, 11) is 1.66. The van der Waals surface area contributed by atoms with Crippen LogP contribution in [-0.4, -0.2) is 16.9 Å². The van der Waals surface area contributed by atoms with Gasteiger partial charge in [-0.25, -0.2) is 5.43 Å². The summed E-state index contributed by atoms with van der Waals surface area (Å²) in [4.78, 5) is 1.04. The van der Waals surface area contributed by atoms with E-state index in [4.69, 9.17) is 10.6 Å². The van der Waals surface area contributed by atoms with Crippen LogP contribution >= 0.6 is 27.3 Å². The lowest BCUT2D eigenvalue weighted by Crippen LogP contribution is -2.31. The molecule has 1 atom stereocenters. The Balaban J connectivity index is 2.51. The van der Waals surface area contributed by atoms with Gasteiger partial charge in [0.05, 0.1) is 28.4 Å². The molecule has 2 aromatic rings. The van der Waals surface area contributed by atoms with Crippen LogP contribution in [0.3, 0.4) is 0 Å². The van der Waals surface area contributed by atoms with Crippen molar-refractivity contribution in [2.75, 3.05) is 7.11 Å². The molecule has 1 unspecified atom stereocenters. The maximum Gasteiger partial charge on any atom is 0.134 e. The summed E-state index contributed by atoms with van der Waals surface area (Å²) in [6.45, 7) is 4.17. The molecule has 3 N–H and O–H groups in total. The van der Waals surface area contributed by atoms with Crippen LogP contribution in [0.15, 0.2) is 22.1 Å². The molecule has 7 heteroatoms. The minimum Gasteiger partial charge on any atom is -0.496 e. The van der Waals surface area contributed by atoms with E-state index in [1.54, 1.807) is 24.6 Å². The van der Waals surface area contributed by atoms with Crippen LogP contribution in [0.4, 0.5) is 0 Å². The van der Waals surface area contributed by atoms with Crippen LogP contribution < -0.4 is 16.0 Å². The summed E-state index contributed by atoms with van der Waals surface area (Å²) in [6.07, 6.45) is 1.79. The molecular weight excluding hydrogens is 328 g/mol. The fourth-order valence-corrected chi connectivity index (χ4v) is 3.42. The number of nitrogens with zero attached hydrogens (tertiary/aromatic N) is 2. The predicted molar refractivity (Wildman–Crippen MR) is 80.3 cm³/mol. The summed E-state index contributed by atoms with van der Waals surface area (Å²) in [5.41, 5.74) is 3.86. The number of thiophene rings is 1. The van der Waals surface area contributed by atoms with E-state index in [1.807, 2.05) is 16.1 Å². The normalized spacial score (nSPS) is 12.9. The zero-order chi connectivity index (χ0) is 14.0. The van der Waals surface area contributed by atoms with Gasteiger partial charge in [0.15, 0.2) is 0 Å². The van der Waals surface area contributed by atoms with Crippen molar-refractivity contribution in [3.8, 4) is 5.75 Å². The number of halogens is 1. The molecule has 2 aromatic heterocycles. The quantitative estimate of drug-likeness (QED) is 0.646. The van der Waals surface area contributed by atoms with Gasteiger partial charge in [-0.15, -0.1) is 11.3 Å². The number of rotatable bonds is 5. The van der Waals surface area contributed by atoms with Gasteiger partial charge in [0, 0.05) is 6.04 Å². The minimum atomic E-state index is -0.158. The van der Waals surface area contributed by atoms with E-state index in [1.165, 1.54) is 0 Å². The van der Waals surface area contributed by atoms with Crippen LogP contribution in [-0.2, 0) is 0 Å². The van der Waals surface area contributed by atoms with Crippen molar-refractivity contribution in [3.05, 3.63) is 32.7 Å². The molecule has 0 fully saturated rings. The maximum atomic E-state index is 5.76. The van der Waals surface area contributed by atoms with Crippen LogP contribution in [0.25, 0.3) is 0 Å². The standard InChI is InChI=1S/C12H17BrN4OS/c1-7(2)17-11(8(13)6-15-17)10(16-14)12-9(18-3)4-5-19-12/h4-7,10,16H,14H2,1-3H3. The fraction of sp³-hybridized carbons (Fsp3) is 0.417. The Hall–Kier alpha value is -0.890. The molecule has 0 aliphatic carbocycles. The van der Waals surface area contributed by atoms with E-state index >= 15 is 0 Å². The Morgan fingerprint density at radius 3 is 2.84 bits per heavy atom. The second kappa shape index (κ2) is 6.04. The van der Waals surface area contributed by atoms with Gasteiger partial charge in [0.1, 0.15) is 11.8 Å². The first-order chi connectivity index (χ1) is 9.10. The minimum absolute atomic E-state index is 0.158. The Kier molecular flexibility index (Phi) is 4.62. The molecule has 19 heavy (non-hydrogen) atoms. The SMILES string of the molecule is COc1ccsc1C(NN)c1c(Br)cnn1C(C)C. The number of hydrazine groups is 1. The molecule has 2 heterocycles. The number of methoxy groups -OCH3 is 1. The second-order valence-electron chi connectivity index (χ2n) is 4.37. The lowest BCUT2D eigenvalue weighted by Gasteiger charge is -2.20. The highest BCUT2D eigenvalue weighted by Gasteiger charge is 2.25. The molecule has 0 amide bonds. The van der Waals surface area contributed by atoms with E-state index in [-0.39, 0.29) is 12.1 Å². The number of hydrogen-bond acceptors (Lipinski definition) is 5. The molecule has 0 aromatic carbocycles. The Morgan fingerprint density at radius 2 is 2.26 bits per heavy atom. The third kappa shape index (κ3) is 2.69. The molecule has 0 spiro atoms. The molecule has 5 nitrogen and oxygen atoms in total. The summed E-state index contributed by atoms with van der Waals surface area (Å²) >= 11 is 5.15. The lowest BCUT2D eigenvalue weighted by molar-refractivity contribution is 0.403. The van der Waals surface area contributed by atoms with E-state index in [0.29, 0.717) is 0 Å². The Bertz CT molecular complexity index is 552. The number of aromatic nitrogens is 2. The Morgan fingerprint density at radius 1 is 1.53 bits per heavy atom. The maximum absolute atomic E-state index is 5.76. The van der Waals surface area contributed by atoms with Gasteiger partial charge in [0.2, 0.25) is 0 Å². The highest BCUT2D eigenvalue weighted by atomic mass is 79.9. The summed E-state index contributed by atoms with van der Waals surface area (Å²) in [5.74, 6) is 6.59. The van der Waals surface area contributed by atoms with Gasteiger partial charge in [-0.1, -0.05) is 0 Å². The van der Waals surface area contributed by atoms with Gasteiger partial charge < -0.3 is 4.74 Å². The van der Waals surface area contributed by atoms with Gasteiger partial charge in [-0.2, -0.15) is 5.10 Å². The van der Waals surface area contributed by atoms with Gasteiger partial charge >= 0.3 is 0 Å². The first-order valence-electron chi connectivity index (χ1n) is 5.90. The van der Waals surface area contributed by atoms with Crippen molar-refractivity contribution in [2.45, 2.75) is 25.9 Å². The van der Waals surface area contributed by atoms with Gasteiger partial charge in [0.25, 0.3) is 0 Å². The van der Waals surface area contributed by atoms with Crippen molar-refractivity contribution in [1.29, 1.82) is 0 Å². The molecule has 2 rings (SSSR count). The van der Waals surface area contributed by atoms with E-state index in [9.17, 15) is 0 Å². The van der Waals surface area contributed by atoms with Crippen LogP contribution in [0.2, 0.25) is 0 Å². The third-order valence-electron chi connectivity index (χ3n) is 2.86. The smallest absolute Gasteiger partial charge is 0.134 e. The predicted octanol–water partition coefficient (Wildman–Crippen LogP) is 2.85. The van der Waals surface area contributed by atoms with Gasteiger partial charge in [-0.3, -0.25) is 10.5 Å². The number of hydrogen-bond donors (Lipinski definition) is 2. The molecule has 0 aliphatic heterocycles. The molecular formula is C12H17BrN4OS. The zero-order valence-corrected chi connectivity index (χ0v) is 13.5. The fourth-order valence-electron chi connectivity index (χ4n) is 2.00. The summed E-state index contributed by atoms with van der Waals surface area (Å²) in [6, 6.07) is 2.03. The summed E-state index contributed by atoms with van der Waals surface area (Å²) in [5, 5.41) is 6.38. The third-order valence-corrected chi connectivity index (χ3v) is 4.43.